The van der Waals surface area contributed by atoms with Crippen LogP contribution in [0, 0.1) is 12.7 Å². The molecule has 2 heterocycles. The Labute approximate surface area is 147 Å². The first kappa shape index (κ1) is 15.9. The first-order valence-corrected chi connectivity index (χ1v) is 8.97. The van der Waals surface area contributed by atoms with Crippen LogP contribution in [0.3, 0.4) is 0 Å². The highest BCUT2D eigenvalue weighted by Gasteiger charge is 2.20. The highest BCUT2D eigenvalue weighted by Crippen LogP contribution is 2.31. The zero-order valence-corrected chi connectivity index (χ0v) is 14.4. The molecule has 0 atom stereocenters. The molecule has 0 spiro atoms. The van der Waals surface area contributed by atoms with E-state index < -0.39 is 5.82 Å². The number of hydrogen-bond acceptors (Lipinski definition) is 5. The van der Waals surface area contributed by atoms with Gasteiger partial charge in [0, 0.05) is 15.9 Å². The Morgan fingerprint density at radius 1 is 1.32 bits per heavy atom. The Bertz CT molecular complexity index is 948. The predicted molar refractivity (Wildman–Crippen MR) is 92.8 cm³/mol. The topological polar surface area (TPSA) is 72.7 Å². The van der Waals surface area contributed by atoms with Gasteiger partial charge in [-0.3, -0.25) is 4.79 Å². The number of anilines is 1. The number of amides is 1. The minimum Gasteiger partial charge on any atom is -0.322 e. The summed E-state index contributed by atoms with van der Waals surface area (Å²) in [5.74, 6) is -0.152. The number of halogens is 1. The zero-order chi connectivity index (χ0) is 17.4. The van der Waals surface area contributed by atoms with Gasteiger partial charge in [0.15, 0.2) is 5.82 Å². The molecule has 1 aliphatic rings. The zero-order valence-electron chi connectivity index (χ0n) is 13.6. The van der Waals surface area contributed by atoms with Gasteiger partial charge in [-0.25, -0.2) is 4.39 Å². The number of rotatable bonds is 3. The summed E-state index contributed by atoms with van der Waals surface area (Å²) in [5, 5.41) is 15.9. The maximum atomic E-state index is 14.1. The molecule has 8 heteroatoms. The smallest absolute Gasteiger partial charge is 0.256 e. The van der Waals surface area contributed by atoms with Crippen LogP contribution in [0.2, 0.25) is 0 Å². The van der Waals surface area contributed by atoms with E-state index in [0.29, 0.717) is 11.5 Å². The van der Waals surface area contributed by atoms with E-state index in [0.717, 1.165) is 30.4 Å². The van der Waals surface area contributed by atoms with E-state index in [-0.39, 0.29) is 11.6 Å². The number of fused-ring (bicyclic) bond motifs is 1. The molecule has 128 valence electrons. The van der Waals surface area contributed by atoms with Crippen molar-refractivity contribution in [2.75, 3.05) is 5.32 Å². The summed E-state index contributed by atoms with van der Waals surface area (Å²) in [6, 6.07) is 4.37. The number of carbonyl (C=O) groups excluding carboxylic acids is 1. The average Bonchev–Trinajstić information content (AvgIpc) is 3.23. The van der Waals surface area contributed by atoms with Crippen molar-refractivity contribution in [3.05, 3.63) is 51.2 Å². The van der Waals surface area contributed by atoms with Gasteiger partial charge in [-0.2, -0.15) is 4.68 Å². The predicted octanol–water partition coefficient (Wildman–Crippen LogP) is 3.30. The molecule has 4 rings (SSSR count). The summed E-state index contributed by atoms with van der Waals surface area (Å²) >= 11 is 1.64. The third-order valence-electron chi connectivity index (χ3n) is 4.36. The van der Waals surface area contributed by atoms with Crippen LogP contribution in [0.1, 0.15) is 39.5 Å². The Morgan fingerprint density at radius 3 is 2.96 bits per heavy atom. The first-order valence-electron chi connectivity index (χ1n) is 8.09. The molecule has 0 aliphatic heterocycles. The van der Waals surface area contributed by atoms with Gasteiger partial charge >= 0.3 is 0 Å². The van der Waals surface area contributed by atoms with Crippen LogP contribution < -0.4 is 5.32 Å². The van der Waals surface area contributed by atoms with Crippen LogP contribution in [0.5, 0.6) is 0 Å². The minimum absolute atomic E-state index is 0.162. The van der Waals surface area contributed by atoms with E-state index >= 15 is 0 Å². The van der Waals surface area contributed by atoms with Gasteiger partial charge in [-0.05, 0) is 66.8 Å². The molecule has 0 fully saturated rings. The fourth-order valence-electron chi connectivity index (χ4n) is 3.09. The summed E-state index contributed by atoms with van der Waals surface area (Å²) in [4.78, 5) is 14.0. The molecule has 1 aromatic carbocycles. The maximum absolute atomic E-state index is 14.1. The standard InChI is InChI=1S/C17H16FN5OS/c1-10-20-21-22-23(10)15-8-11(6-7-14(15)18)19-17(24)13-9-25-16-5-3-2-4-12(13)16/h6-9H,2-5H2,1H3,(H,19,24). The Morgan fingerprint density at radius 2 is 2.16 bits per heavy atom. The molecule has 1 amide bonds. The normalized spacial score (nSPS) is 13.5. The molecule has 0 bridgehead atoms. The summed E-state index contributed by atoms with van der Waals surface area (Å²) in [6.07, 6.45) is 4.29. The first-order chi connectivity index (χ1) is 12.1. The van der Waals surface area contributed by atoms with Gasteiger partial charge in [0.25, 0.3) is 5.91 Å². The number of tetrazole rings is 1. The van der Waals surface area contributed by atoms with Crippen molar-refractivity contribution in [2.24, 2.45) is 0 Å². The molecule has 0 saturated heterocycles. The van der Waals surface area contributed by atoms with E-state index in [1.54, 1.807) is 18.3 Å². The molecule has 6 nitrogen and oxygen atoms in total. The number of benzene rings is 1. The number of aromatic nitrogens is 4. The molecule has 3 aromatic rings. The van der Waals surface area contributed by atoms with E-state index in [4.69, 9.17) is 0 Å². The molecular formula is C17H16FN5OS. The lowest BCUT2D eigenvalue weighted by molar-refractivity contribution is 0.102. The third kappa shape index (κ3) is 2.93. The van der Waals surface area contributed by atoms with Crippen molar-refractivity contribution < 1.29 is 9.18 Å². The van der Waals surface area contributed by atoms with E-state index in [1.165, 1.54) is 34.2 Å². The van der Waals surface area contributed by atoms with Crippen molar-refractivity contribution in [1.82, 2.24) is 20.2 Å². The second-order valence-electron chi connectivity index (χ2n) is 6.02. The van der Waals surface area contributed by atoms with Gasteiger partial charge in [0.1, 0.15) is 11.5 Å². The van der Waals surface area contributed by atoms with Crippen LogP contribution in [-0.2, 0) is 12.8 Å². The van der Waals surface area contributed by atoms with Crippen LogP contribution >= 0.6 is 11.3 Å². The Balaban J connectivity index is 1.62. The summed E-state index contributed by atoms with van der Waals surface area (Å²) in [5.41, 5.74) is 2.59. The van der Waals surface area contributed by atoms with Crippen molar-refractivity contribution in [1.29, 1.82) is 0 Å². The van der Waals surface area contributed by atoms with Crippen molar-refractivity contribution >= 4 is 22.9 Å². The molecule has 0 radical (unpaired) electrons. The average molecular weight is 357 g/mol. The second-order valence-corrected chi connectivity index (χ2v) is 6.98. The van der Waals surface area contributed by atoms with Crippen LogP contribution in [0.25, 0.3) is 5.69 Å². The number of nitrogens with zero attached hydrogens (tertiary/aromatic N) is 4. The lowest BCUT2D eigenvalue weighted by Gasteiger charge is -2.13. The van der Waals surface area contributed by atoms with Crippen LogP contribution in [-0.4, -0.2) is 26.1 Å². The second kappa shape index (κ2) is 6.36. The van der Waals surface area contributed by atoms with Crippen LogP contribution in [0.4, 0.5) is 10.1 Å². The molecule has 0 unspecified atom stereocenters. The minimum atomic E-state index is -0.457. The summed E-state index contributed by atoms with van der Waals surface area (Å²) in [6.45, 7) is 1.68. The van der Waals surface area contributed by atoms with Crippen molar-refractivity contribution in [3.63, 3.8) is 0 Å². The number of thiophene rings is 1. The van der Waals surface area contributed by atoms with Gasteiger partial charge in [0.05, 0.1) is 5.56 Å². The molecule has 0 saturated carbocycles. The third-order valence-corrected chi connectivity index (χ3v) is 5.45. The monoisotopic (exact) mass is 357 g/mol. The lowest BCUT2D eigenvalue weighted by Crippen LogP contribution is -2.15. The highest BCUT2D eigenvalue weighted by molar-refractivity contribution is 7.10. The maximum Gasteiger partial charge on any atom is 0.256 e. The van der Waals surface area contributed by atoms with E-state index in [9.17, 15) is 9.18 Å². The Hall–Kier alpha value is -2.61. The number of nitrogens with one attached hydrogen (secondary N) is 1. The van der Waals surface area contributed by atoms with Gasteiger partial charge in [0.2, 0.25) is 0 Å². The quantitative estimate of drug-likeness (QED) is 0.781. The lowest BCUT2D eigenvalue weighted by atomic mass is 9.95. The molecular weight excluding hydrogens is 341 g/mol. The summed E-state index contributed by atoms with van der Waals surface area (Å²) in [7, 11) is 0. The molecule has 1 N–H and O–H groups in total. The van der Waals surface area contributed by atoms with Crippen molar-refractivity contribution in [3.8, 4) is 5.69 Å². The van der Waals surface area contributed by atoms with E-state index in [2.05, 4.69) is 20.8 Å². The largest absolute Gasteiger partial charge is 0.322 e. The van der Waals surface area contributed by atoms with Crippen LogP contribution in [0.15, 0.2) is 23.6 Å². The van der Waals surface area contributed by atoms with Gasteiger partial charge in [-0.15, -0.1) is 16.4 Å². The number of carbonyl (C=O) groups is 1. The number of hydrogen-bond donors (Lipinski definition) is 1. The van der Waals surface area contributed by atoms with Gasteiger partial charge < -0.3 is 5.32 Å². The molecule has 1 aliphatic carbocycles. The fourth-order valence-corrected chi connectivity index (χ4v) is 4.22. The number of aryl methyl sites for hydroxylation is 2. The fraction of sp³-hybridized carbons (Fsp3) is 0.294. The molecule has 2 aromatic heterocycles. The SMILES string of the molecule is Cc1nnnn1-c1cc(NC(=O)c2csc3c2CCCC3)ccc1F. The highest BCUT2D eigenvalue weighted by atomic mass is 32.1. The molecule has 25 heavy (non-hydrogen) atoms. The van der Waals surface area contributed by atoms with Gasteiger partial charge in [-0.1, -0.05) is 0 Å². The van der Waals surface area contributed by atoms with E-state index in [1.807, 2.05) is 5.38 Å². The van der Waals surface area contributed by atoms with Crippen molar-refractivity contribution in [2.45, 2.75) is 32.6 Å². The Kier molecular flexibility index (Phi) is 4.04. The summed E-state index contributed by atoms with van der Waals surface area (Å²) < 4.78 is 15.4.